The zero-order chi connectivity index (χ0) is 10.1. The predicted molar refractivity (Wildman–Crippen MR) is 55.9 cm³/mol. The van der Waals surface area contributed by atoms with Crippen LogP contribution in [0.5, 0.6) is 5.75 Å². The van der Waals surface area contributed by atoms with Crippen LogP contribution in [0.2, 0.25) is 0 Å². The van der Waals surface area contributed by atoms with Crippen molar-refractivity contribution in [3.05, 3.63) is 29.3 Å². The number of fused-ring (bicyclic) bond motifs is 1. The number of aryl methyl sites for hydroxylation is 1. The number of hydrogen-bond donors (Lipinski definition) is 1. The average Bonchev–Trinajstić information content (AvgIpc) is 2.23. The van der Waals surface area contributed by atoms with Crippen molar-refractivity contribution in [2.75, 3.05) is 7.11 Å². The van der Waals surface area contributed by atoms with Crippen LogP contribution in [0.1, 0.15) is 22.9 Å². The molecule has 0 heterocycles. The molecule has 0 aliphatic heterocycles. The van der Waals surface area contributed by atoms with E-state index in [2.05, 4.69) is 0 Å². The summed E-state index contributed by atoms with van der Waals surface area (Å²) in [4.78, 5) is 0. The van der Waals surface area contributed by atoms with Crippen molar-refractivity contribution in [1.29, 1.82) is 0 Å². The summed E-state index contributed by atoms with van der Waals surface area (Å²) < 4.78 is 5.14. The van der Waals surface area contributed by atoms with E-state index in [-0.39, 0.29) is 5.38 Å². The Morgan fingerprint density at radius 2 is 2.29 bits per heavy atom. The third-order valence-corrected chi connectivity index (χ3v) is 3.22. The lowest BCUT2D eigenvalue weighted by Crippen LogP contribution is -2.21. The topological polar surface area (TPSA) is 29.5 Å². The van der Waals surface area contributed by atoms with Crippen molar-refractivity contribution in [3.8, 4) is 5.75 Å². The molecule has 0 saturated heterocycles. The highest BCUT2D eigenvalue weighted by atomic mass is 35.5. The van der Waals surface area contributed by atoms with E-state index in [0.29, 0.717) is 0 Å². The van der Waals surface area contributed by atoms with Crippen LogP contribution in [-0.4, -0.2) is 18.3 Å². The molecule has 0 aromatic heterocycles. The Balaban J connectivity index is 2.38. The zero-order valence-corrected chi connectivity index (χ0v) is 8.79. The maximum atomic E-state index is 9.59. The maximum Gasteiger partial charge on any atom is 0.119 e. The molecule has 0 saturated carbocycles. The molecule has 0 amide bonds. The summed E-state index contributed by atoms with van der Waals surface area (Å²) in [5.41, 5.74) is 2.22. The number of ether oxygens (including phenoxy) is 1. The van der Waals surface area contributed by atoms with Crippen LogP contribution in [0, 0.1) is 0 Å². The lowest BCUT2D eigenvalue weighted by Gasteiger charge is -2.26. The van der Waals surface area contributed by atoms with Gasteiger partial charge < -0.3 is 9.84 Å². The van der Waals surface area contributed by atoms with Gasteiger partial charge in [-0.3, -0.25) is 0 Å². The van der Waals surface area contributed by atoms with Crippen LogP contribution in [0.3, 0.4) is 0 Å². The van der Waals surface area contributed by atoms with Gasteiger partial charge in [0.05, 0.1) is 18.6 Å². The second-order valence-electron chi connectivity index (χ2n) is 3.57. The summed E-state index contributed by atoms with van der Waals surface area (Å²) in [6.07, 6.45) is 1.18. The van der Waals surface area contributed by atoms with Crippen LogP contribution in [0.15, 0.2) is 18.2 Å². The number of halogens is 1. The molecule has 2 rings (SSSR count). The second kappa shape index (κ2) is 3.79. The van der Waals surface area contributed by atoms with Gasteiger partial charge in [0.2, 0.25) is 0 Å². The summed E-state index contributed by atoms with van der Waals surface area (Å²) in [6, 6.07) is 5.82. The van der Waals surface area contributed by atoms with E-state index >= 15 is 0 Å². The van der Waals surface area contributed by atoms with Gasteiger partial charge in [0.1, 0.15) is 5.75 Å². The molecule has 3 heteroatoms. The van der Waals surface area contributed by atoms with Crippen molar-refractivity contribution in [1.82, 2.24) is 0 Å². The molecule has 0 radical (unpaired) electrons. The first-order valence-electron chi connectivity index (χ1n) is 4.71. The normalized spacial score (nSPS) is 25.6. The van der Waals surface area contributed by atoms with Gasteiger partial charge in [-0.05, 0) is 36.1 Å². The van der Waals surface area contributed by atoms with Gasteiger partial charge in [-0.25, -0.2) is 0 Å². The van der Waals surface area contributed by atoms with Crippen LogP contribution < -0.4 is 4.74 Å². The highest BCUT2D eigenvalue weighted by molar-refractivity contribution is 6.21. The Morgan fingerprint density at radius 3 is 3.00 bits per heavy atom. The summed E-state index contributed by atoms with van der Waals surface area (Å²) in [5.74, 6) is 0.851. The van der Waals surface area contributed by atoms with E-state index in [1.807, 2.05) is 18.2 Å². The van der Waals surface area contributed by atoms with Crippen LogP contribution >= 0.6 is 11.6 Å². The molecular weight excluding hydrogens is 200 g/mol. The number of alkyl halides is 1. The first kappa shape index (κ1) is 9.81. The minimum absolute atomic E-state index is 0.273. The summed E-state index contributed by atoms with van der Waals surface area (Å²) in [6.45, 7) is 0. The molecule has 1 aliphatic rings. The molecule has 0 fully saturated rings. The molecular formula is C11H13ClO2. The zero-order valence-electron chi connectivity index (χ0n) is 8.03. The second-order valence-corrected chi connectivity index (χ2v) is 4.04. The molecule has 76 valence electrons. The lowest BCUT2D eigenvalue weighted by molar-refractivity contribution is 0.153. The first-order chi connectivity index (χ1) is 6.72. The Labute approximate surface area is 88.5 Å². The Morgan fingerprint density at radius 1 is 1.50 bits per heavy atom. The molecule has 1 aliphatic carbocycles. The minimum atomic E-state index is -0.419. The van der Waals surface area contributed by atoms with Gasteiger partial charge in [0, 0.05) is 0 Å². The monoisotopic (exact) mass is 212 g/mol. The summed E-state index contributed by atoms with van der Waals surface area (Å²) in [5, 5.41) is 9.31. The molecule has 1 N–H and O–H groups in total. The van der Waals surface area contributed by atoms with E-state index in [1.165, 1.54) is 5.56 Å². The van der Waals surface area contributed by atoms with Crippen molar-refractivity contribution in [3.63, 3.8) is 0 Å². The Bertz CT molecular complexity index is 338. The van der Waals surface area contributed by atoms with Crippen LogP contribution in [0.25, 0.3) is 0 Å². The summed E-state index contributed by atoms with van der Waals surface area (Å²) in [7, 11) is 1.65. The standard InChI is InChI=1S/C11H13ClO2/c1-14-8-3-4-9-7(6-8)2-5-10(13)11(9)12/h3-4,6,10-11,13H,2,5H2,1H3/t10-,11-/m1/s1. The smallest absolute Gasteiger partial charge is 0.119 e. The Kier molecular flexibility index (Phi) is 2.66. The van der Waals surface area contributed by atoms with Crippen molar-refractivity contribution in [2.45, 2.75) is 24.3 Å². The first-order valence-corrected chi connectivity index (χ1v) is 5.15. The number of benzene rings is 1. The lowest BCUT2D eigenvalue weighted by atomic mass is 9.89. The van der Waals surface area contributed by atoms with Gasteiger partial charge in [-0.2, -0.15) is 0 Å². The molecule has 1 aromatic carbocycles. The third kappa shape index (κ3) is 1.60. The number of aliphatic hydroxyl groups excluding tert-OH is 1. The number of aliphatic hydroxyl groups is 1. The predicted octanol–water partition coefficient (Wildman–Crippen LogP) is 2.28. The van der Waals surface area contributed by atoms with E-state index in [1.54, 1.807) is 7.11 Å². The molecule has 2 atom stereocenters. The quantitative estimate of drug-likeness (QED) is 0.724. The van der Waals surface area contributed by atoms with Crippen molar-refractivity contribution in [2.24, 2.45) is 0 Å². The van der Waals surface area contributed by atoms with Gasteiger partial charge in [-0.15, -0.1) is 11.6 Å². The minimum Gasteiger partial charge on any atom is -0.497 e. The number of hydrogen-bond acceptors (Lipinski definition) is 2. The van der Waals surface area contributed by atoms with E-state index in [4.69, 9.17) is 16.3 Å². The molecule has 2 nitrogen and oxygen atoms in total. The van der Waals surface area contributed by atoms with E-state index < -0.39 is 6.10 Å². The Hall–Kier alpha value is -0.730. The number of methoxy groups -OCH3 is 1. The average molecular weight is 213 g/mol. The molecule has 0 spiro atoms. The van der Waals surface area contributed by atoms with E-state index in [9.17, 15) is 5.11 Å². The maximum absolute atomic E-state index is 9.59. The SMILES string of the molecule is COc1ccc2c(c1)CC[C@@H](O)[C@@H]2Cl. The van der Waals surface area contributed by atoms with E-state index in [0.717, 1.165) is 24.2 Å². The van der Waals surface area contributed by atoms with Gasteiger partial charge in [-0.1, -0.05) is 6.07 Å². The fraction of sp³-hybridized carbons (Fsp3) is 0.455. The highest BCUT2D eigenvalue weighted by Crippen LogP contribution is 2.36. The molecule has 1 aromatic rings. The van der Waals surface area contributed by atoms with Gasteiger partial charge in [0.15, 0.2) is 0 Å². The molecule has 0 unspecified atom stereocenters. The fourth-order valence-corrected chi connectivity index (χ4v) is 2.19. The van der Waals surface area contributed by atoms with Crippen molar-refractivity contribution < 1.29 is 9.84 Å². The van der Waals surface area contributed by atoms with Gasteiger partial charge in [0.25, 0.3) is 0 Å². The fourth-order valence-electron chi connectivity index (χ4n) is 1.85. The number of rotatable bonds is 1. The van der Waals surface area contributed by atoms with Crippen LogP contribution in [-0.2, 0) is 6.42 Å². The summed E-state index contributed by atoms with van der Waals surface area (Å²) >= 11 is 6.10. The molecule has 0 bridgehead atoms. The largest absolute Gasteiger partial charge is 0.497 e. The van der Waals surface area contributed by atoms with Crippen molar-refractivity contribution >= 4 is 11.6 Å². The van der Waals surface area contributed by atoms with Gasteiger partial charge >= 0.3 is 0 Å². The van der Waals surface area contributed by atoms with Crippen LogP contribution in [0.4, 0.5) is 0 Å². The molecule has 14 heavy (non-hydrogen) atoms. The third-order valence-electron chi connectivity index (χ3n) is 2.69. The highest BCUT2D eigenvalue weighted by Gasteiger charge is 2.26.